The molecule has 4 nitrogen and oxygen atoms in total. The second-order valence-electron chi connectivity index (χ2n) is 4.75. The molecule has 4 heteroatoms. The fourth-order valence-corrected chi connectivity index (χ4v) is 2.25. The van der Waals surface area contributed by atoms with Crippen LogP contribution in [-0.4, -0.2) is 42.7 Å². The lowest BCUT2D eigenvalue weighted by Crippen LogP contribution is -2.39. The second-order valence-corrected chi connectivity index (χ2v) is 4.75. The molecule has 0 heterocycles. The minimum absolute atomic E-state index is 0.0595. The van der Waals surface area contributed by atoms with Gasteiger partial charge >= 0.3 is 0 Å². The highest BCUT2D eigenvalue weighted by molar-refractivity contribution is 5.78. The van der Waals surface area contributed by atoms with Crippen LogP contribution in [-0.2, 0) is 11.2 Å². The van der Waals surface area contributed by atoms with Crippen molar-refractivity contribution in [3.63, 3.8) is 0 Å². The van der Waals surface area contributed by atoms with Gasteiger partial charge in [-0.15, -0.1) is 0 Å². The van der Waals surface area contributed by atoms with Crippen molar-refractivity contribution in [2.45, 2.75) is 18.6 Å². The summed E-state index contributed by atoms with van der Waals surface area (Å²) in [6.45, 7) is 0.339. The number of aliphatic hydroxyl groups is 1. The maximum atomic E-state index is 11.7. The summed E-state index contributed by atoms with van der Waals surface area (Å²) in [7, 11) is 3.69. The maximum absolute atomic E-state index is 11.7. The Bertz CT molecular complexity index is 418. The quantitative estimate of drug-likeness (QED) is 0.792. The molecular weight excluding hydrogens is 216 g/mol. The third kappa shape index (κ3) is 2.65. The number of rotatable bonds is 3. The van der Waals surface area contributed by atoms with Gasteiger partial charge in [0.2, 0.25) is 5.91 Å². The molecule has 0 saturated heterocycles. The maximum Gasteiger partial charge on any atom is 0.234 e. The first-order chi connectivity index (χ1) is 8.08. The second kappa shape index (κ2) is 4.85. The van der Waals surface area contributed by atoms with E-state index in [2.05, 4.69) is 5.32 Å². The number of aliphatic hydroxyl groups excluding tert-OH is 1. The molecule has 0 saturated carbocycles. The fourth-order valence-electron chi connectivity index (χ4n) is 2.25. The molecule has 1 amide bonds. The summed E-state index contributed by atoms with van der Waals surface area (Å²) in [4.78, 5) is 13.5. The van der Waals surface area contributed by atoms with Crippen molar-refractivity contribution < 1.29 is 9.90 Å². The van der Waals surface area contributed by atoms with E-state index in [-0.39, 0.29) is 11.9 Å². The van der Waals surface area contributed by atoms with Crippen LogP contribution in [0.3, 0.4) is 0 Å². The van der Waals surface area contributed by atoms with Gasteiger partial charge in [-0.05, 0) is 25.2 Å². The highest BCUT2D eigenvalue weighted by Crippen LogP contribution is 2.30. The molecule has 0 unspecified atom stereocenters. The van der Waals surface area contributed by atoms with Gasteiger partial charge in [0.25, 0.3) is 0 Å². The van der Waals surface area contributed by atoms with Crippen LogP contribution in [0, 0.1) is 0 Å². The predicted molar refractivity (Wildman–Crippen MR) is 65.6 cm³/mol. The van der Waals surface area contributed by atoms with E-state index in [1.165, 1.54) is 0 Å². The third-order valence-electron chi connectivity index (χ3n) is 2.98. The molecule has 2 rings (SSSR count). The smallest absolute Gasteiger partial charge is 0.234 e. The molecule has 0 spiro atoms. The number of fused-ring (bicyclic) bond motifs is 1. The van der Waals surface area contributed by atoms with E-state index in [1.807, 2.05) is 43.3 Å². The topological polar surface area (TPSA) is 52.6 Å². The Balaban J connectivity index is 2.09. The average Bonchev–Trinajstić information content (AvgIpc) is 2.55. The summed E-state index contributed by atoms with van der Waals surface area (Å²) in [6, 6.07) is 7.58. The van der Waals surface area contributed by atoms with Gasteiger partial charge in [0, 0.05) is 6.42 Å². The van der Waals surface area contributed by atoms with Crippen LogP contribution in [0.25, 0.3) is 0 Å². The summed E-state index contributed by atoms with van der Waals surface area (Å²) >= 11 is 0. The van der Waals surface area contributed by atoms with Crippen LogP contribution >= 0.6 is 0 Å². The third-order valence-corrected chi connectivity index (χ3v) is 2.98. The summed E-state index contributed by atoms with van der Waals surface area (Å²) in [5.41, 5.74) is 2.15. The first-order valence-electron chi connectivity index (χ1n) is 5.78. The number of nitrogens with zero attached hydrogens (tertiary/aromatic N) is 1. The molecule has 0 fully saturated rings. The molecule has 1 aromatic carbocycles. The van der Waals surface area contributed by atoms with E-state index in [4.69, 9.17) is 0 Å². The van der Waals surface area contributed by atoms with Crippen molar-refractivity contribution >= 4 is 5.91 Å². The lowest BCUT2D eigenvalue weighted by molar-refractivity contribution is -0.123. The van der Waals surface area contributed by atoms with Crippen LogP contribution in [0.1, 0.15) is 17.2 Å². The lowest BCUT2D eigenvalue weighted by atomic mass is 10.1. The summed E-state index contributed by atoms with van der Waals surface area (Å²) in [5, 5.41) is 12.9. The molecule has 0 bridgehead atoms. The Morgan fingerprint density at radius 3 is 2.88 bits per heavy atom. The van der Waals surface area contributed by atoms with Crippen molar-refractivity contribution in [1.82, 2.24) is 10.2 Å². The van der Waals surface area contributed by atoms with Crippen LogP contribution < -0.4 is 5.32 Å². The van der Waals surface area contributed by atoms with E-state index in [0.29, 0.717) is 13.0 Å². The number of hydrogen-bond acceptors (Lipinski definition) is 3. The number of carbonyl (C=O) groups excluding carboxylic acids is 1. The van der Waals surface area contributed by atoms with E-state index >= 15 is 0 Å². The first kappa shape index (κ1) is 12.1. The predicted octanol–water partition coefficient (Wildman–Crippen LogP) is 0.322. The molecule has 0 radical (unpaired) electrons. The normalized spacial score (nSPS) is 22.6. The van der Waals surface area contributed by atoms with E-state index in [0.717, 1.165) is 11.1 Å². The Labute approximate surface area is 101 Å². The summed E-state index contributed by atoms with van der Waals surface area (Å²) in [5.74, 6) is -0.0595. The van der Waals surface area contributed by atoms with Gasteiger partial charge in [-0.3, -0.25) is 4.79 Å². The molecule has 17 heavy (non-hydrogen) atoms. The number of benzene rings is 1. The highest BCUT2D eigenvalue weighted by atomic mass is 16.3. The Morgan fingerprint density at radius 1 is 1.47 bits per heavy atom. The molecule has 2 atom stereocenters. The monoisotopic (exact) mass is 234 g/mol. The van der Waals surface area contributed by atoms with E-state index in [9.17, 15) is 9.90 Å². The molecule has 0 aliphatic heterocycles. The zero-order valence-electron chi connectivity index (χ0n) is 10.2. The minimum Gasteiger partial charge on any atom is -0.390 e. The summed E-state index contributed by atoms with van der Waals surface area (Å²) < 4.78 is 0. The number of nitrogens with one attached hydrogen (secondary N) is 1. The van der Waals surface area contributed by atoms with E-state index in [1.54, 1.807) is 0 Å². The Kier molecular flexibility index (Phi) is 3.45. The molecule has 0 aromatic heterocycles. The van der Waals surface area contributed by atoms with Crippen molar-refractivity contribution in [2.75, 3.05) is 20.6 Å². The number of amides is 1. The highest BCUT2D eigenvalue weighted by Gasteiger charge is 2.31. The van der Waals surface area contributed by atoms with Crippen LogP contribution in [0.15, 0.2) is 24.3 Å². The largest absolute Gasteiger partial charge is 0.390 e. The zero-order chi connectivity index (χ0) is 12.4. The molecule has 92 valence electrons. The first-order valence-corrected chi connectivity index (χ1v) is 5.78. The Morgan fingerprint density at radius 2 is 2.18 bits per heavy atom. The van der Waals surface area contributed by atoms with Crippen LogP contribution in [0.5, 0.6) is 0 Å². The molecule has 1 aliphatic rings. The Hall–Kier alpha value is -1.39. The van der Waals surface area contributed by atoms with E-state index < -0.39 is 6.10 Å². The van der Waals surface area contributed by atoms with Crippen molar-refractivity contribution in [2.24, 2.45) is 0 Å². The van der Waals surface area contributed by atoms with Gasteiger partial charge in [-0.25, -0.2) is 0 Å². The van der Waals surface area contributed by atoms with Gasteiger partial charge in [-0.2, -0.15) is 0 Å². The van der Waals surface area contributed by atoms with Crippen molar-refractivity contribution in [1.29, 1.82) is 0 Å². The number of likely N-dealkylation sites (N-methyl/N-ethyl adjacent to an activating group) is 1. The summed E-state index contributed by atoms with van der Waals surface area (Å²) in [6.07, 6.45) is 0.0989. The molecule has 1 aromatic rings. The number of carbonyl (C=O) groups is 1. The average molecular weight is 234 g/mol. The van der Waals surface area contributed by atoms with Crippen LogP contribution in [0.2, 0.25) is 0 Å². The van der Waals surface area contributed by atoms with Crippen molar-refractivity contribution in [3.8, 4) is 0 Å². The van der Waals surface area contributed by atoms with Gasteiger partial charge < -0.3 is 15.3 Å². The molecular formula is C13H18N2O2. The van der Waals surface area contributed by atoms with Gasteiger partial charge in [0.15, 0.2) is 0 Å². The molecule has 2 N–H and O–H groups in total. The van der Waals surface area contributed by atoms with Gasteiger partial charge in [0.05, 0.1) is 18.7 Å². The van der Waals surface area contributed by atoms with Crippen LogP contribution in [0.4, 0.5) is 0 Å². The van der Waals surface area contributed by atoms with Crippen molar-refractivity contribution in [3.05, 3.63) is 35.4 Å². The van der Waals surface area contributed by atoms with Gasteiger partial charge in [0.1, 0.15) is 0 Å². The minimum atomic E-state index is -0.515. The fraction of sp³-hybridized carbons (Fsp3) is 0.462. The zero-order valence-corrected chi connectivity index (χ0v) is 10.2. The standard InChI is InChI=1S/C13H18N2O2/c1-15(2)8-12(17)14-13-10-6-4-3-5-9(10)7-11(13)16/h3-6,11,13,16H,7-8H2,1-2H3,(H,14,17)/t11-,13+/m0/s1. The number of hydrogen-bond donors (Lipinski definition) is 2. The lowest BCUT2D eigenvalue weighted by Gasteiger charge is -2.19. The SMILES string of the molecule is CN(C)CC(=O)N[C@@H]1c2ccccc2C[C@@H]1O. The van der Waals surface area contributed by atoms with Gasteiger partial charge in [-0.1, -0.05) is 24.3 Å². The molecule has 1 aliphatic carbocycles.